The summed E-state index contributed by atoms with van der Waals surface area (Å²) in [6.07, 6.45) is 0. The minimum atomic E-state index is 0.608. The van der Waals surface area contributed by atoms with Crippen LogP contribution >= 0.6 is 0 Å². The molecule has 0 fully saturated rings. The summed E-state index contributed by atoms with van der Waals surface area (Å²) >= 11 is 0. The Morgan fingerprint density at radius 1 is 0.227 bits per heavy atom. The Balaban J connectivity index is 0.958. The quantitative estimate of drug-likeness (QED) is 0.161. The molecule has 0 amide bonds. The molecule has 0 aliphatic carbocycles. The standard InChI is InChI=1S/C61H39N5/c1-3-15-40(16-4-1)44-32-34-57-54(38-44)52-26-10-12-28-56(52)66(57)50-24-14-21-47(37-50)60-62-59(63-61(64-60)48-30-29-41-17-7-8-18-42(41)35-48)46-20-13-19-43(36-46)45-31-33-53-51-25-9-11-27-55(51)65(58(53)39-45)49-22-5-2-6-23-49/h1-39H. The molecule has 13 aromatic rings. The number of fused-ring (bicyclic) bond motifs is 7. The third-order valence-corrected chi connectivity index (χ3v) is 12.9. The van der Waals surface area contributed by atoms with Gasteiger partial charge < -0.3 is 9.13 Å². The van der Waals surface area contributed by atoms with Crippen LogP contribution in [-0.2, 0) is 0 Å². The Labute approximate surface area is 381 Å². The summed E-state index contributed by atoms with van der Waals surface area (Å²) in [5.41, 5.74) is 14.1. The van der Waals surface area contributed by atoms with Crippen LogP contribution in [0.4, 0.5) is 0 Å². The van der Waals surface area contributed by atoms with Crippen molar-refractivity contribution in [2.24, 2.45) is 0 Å². The van der Waals surface area contributed by atoms with Gasteiger partial charge in [0, 0.05) is 49.6 Å². The monoisotopic (exact) mass is 841 g/mol. The molecular weight excluding hydrogens is 803 g/mol. The fourth-order valence-electron chi connectivity index (χ4n) is 9.78. The Morgan fingerprint density at radius 2 is 0.697 bits per heavy atom. The number of nitrogens with zero attached hydrogens (tertiary/aromatic N) is 5. The van der Waals surface area contributed by atoms with Gasteiger partial charge in [-0.15, -0.1) is 0 Å². The summed E-state index contributed by atoms with van der Waals surface area (Å²) in [7, 11) is 0. The van der Waals surface area contributed by atoms with Crippen molar-refractivity contribution in [2.75, 3.05) is 0 Å². The van der Waals surface area contributed by atoms with E-state index in [0.29, 0.717) is 17.5 Å². The van der Waals surface area contributed by atoms with E-state index in [0.717, 1.165) is 61.1 Å². The molecule has 0 saturated heterocycles. The van der Waals surface area contributed by atoms with Gasteiger partial charge in [0.2, 0.25) is 0 Å². The number of para-hydroxylation sites is 3. The molecule has 308 valence electrons. The van der Waals surface area contributed by atoms with Gasteiger partial charge in [-0.05, 0) is 99.8 Å². The topological polar surface area (TPSA) is 48.5 Å². The predicted molar refractivity (Wildman–Crippen MR) is 273 cm³/mol. The largest absolute Gasteiger partial charge is 0.309 e. The summed E-state index contributed by atoms with van der Waals surface area (Å²) in [5, 5.41) is 7.16. The van der Waals surface area contributed by atoms with Crippen LogP contribution in [0.5, 0.6) is 0 Å². The van der Waals surface area contributed by atoms with Gasteiger partial charge in [0.25, 0.3) is 0 Å². The highest BCUT2D eigenvalue weighted by molar-refractivity contribution is 6.11. The molecule has 13 rings (SSSR count). The predicted octanol–water partition coefficient (Wildman–Crippen LogP) is 15.6. The smallest absolute Gasteiger partial charge is 0.164 e. The molecule has 3 aromatic heterocycles. The zero-order chi connectivity index (χ0) is 43.6. The summed E-state index contributed by atoms with van der Waals surface area (Å²) in [5.74, 6) is 1.84. The zero-order valence-electron chi connectivity index (χ0n) is 35.8. The lowest BCUT2D eigenvalue weighted by atomic mass is 10.0. The number of hydrogen-bond donors (Lipinski definition) is 0. The normalized spacial score (nSPS) is 11.6. The number of rotatable bonds is 7. The number of benzene rings is 10. The molecule has 10 aromatic carbocycles. The third-order valence-electron chi connectivity index (χ3n) is 12.9. The lowest BCUT2D eigenvalue weighted by Gasteiger charge is -2.12. The van der Waals surface area contributed by atoms with E-state index in [1.165, 1.54) is 43.6 Å². The molecule has 0 saturated carbocycles. The molecule has 5 heteroatoms. The van der Waals surface area contributed by atoms with E-state index in [1.807, 2.05) is 0 Å². The number of aromatic nitrogens is 5. The molecule has 0 N–H and O–H groups in total. The molecule has 5 nitrogen and oxygen atoms in total. The van der Waals surface area contributed by atoms with Crippen LogP contribution in [0, 0.1) is 0 Å². The Kier molecular flexibility index (Phi) is 8.78. The number of hydrogen-bond acceptors (Lipinski definition) is 3. The van der Waals surface area contributed by atoms with Gasteiger partial charge >= 0.3 is 0 Å². The summed E-state index contributed by atoms with van der Waals surface area (Å²) in [4.78, 5) is 15.8. The molecular formula is C61H39N5. The lowest BCUT2D eigenvalue weighted by Crippen LogP contribution is -2.01. The SMILES string of the molecule is c1ccc(-c2ccc3c(c2)c2ccccc2n3-c2cccc(-c3nc(-c4cccc(-c5ccc6c7ccccc7n(-c7ccccc7)c6c5)c4)nc(-c4ccc5ccccc5c4)n3)c2)cc1. The molecule has 3 heterocycles. The van der Waals surface area contributed by atoms with Crippen molar-refractivity contribution in [2.45, 2.75) is 0 Å². The first-order chi connectivity index (χ1) is 32.7. The first-order valence-electron chi connectivity index (χ1n) is 22.3. The van der Waals surface area contributed by atoms with E-state index in [9.17, 15) is 0 Å². The van der Waals surface area contributed by atoms with Crippen LogP contribution < -0.4 is 0 Å². The Bertz CT molecular complexity index is 4000. The highest BCUT2D eigenvalue weighted by Gasteiger charge is 2.18. The highest BCUT2D eigenvalue weighted by atomic mass is 15.0. The van der Waals surface area contributed by atoms with Gasteiger partial charge in [0.05, 0.1) is 22.1 Å². The summed E-state index contributed by atoms with van der Waals surface area (Å²) < 4.78 is 4.72. The molecule has 0 atom stereocenters. The van der Waals surface area contributed by atoms with Crippen LogP contribution in [-0.4, -0.2) is 24.1 Å². The van der Waals surface area contributed by atoms with Gasteiger partial charge in [0.15, 0.2) is 17.5 Å². The minimum absolute atomic E-state index is 0.608. The van der Waals surface area contributed by atoms with Crippen molar-refractivity contribution in [3.8, 4) is 67.8 Å². The molecule has 0 spiro atoms. The van der Waals surface area contributed by atoms with Crippen molar-refractivity contribution in [1.82, 2.24) is 24.1 Å². The maximum Gasteiger partial charge on any atom is 0.164 e. The zero-order valence-corrected chi connectivity index (χ0v) is 35.8. The molecule has 66 heavy (non-hydrogen) atoms. The second kappa shape index (κ2) is 15.4. The second-order valence-electron chi connectivity index (χ2n) is 16.9. The first kappa shape index (κ1) is 37.6. The van der Waals surface area contributed by atoms with E-state index in [1.54, 1.807) is 0 Å². The van der Waals surface area contributed by atoms with Crippen LogP contribution in [0.2, 0.25) is 0 Å². The average Bonchev–Trinajstić information content (AvgIpc) is 3.91. The Morgan fingerprint density at radius 3 is 1.45 bits per heavy atom. The van der Waals surface area contributed by atoms with Crippen LogP contribution in [0.3, 0.4) is 0 Å². The maximum atomic E-state index is 5.29. The van der Waals surface area contributed by atoms with Crippen molar-refractivity contribution in [1.29, 1.82) is 0 Å². The molecule has 0 aliphatic rings. The summed E-state index contributed by atoms with van der Waals surface area (Å²) in [6.45, 7) is 0. The van der Waals surface area contributed by atoms with E-state index in [-0.39, 0.29) is 0 Å². The van der Waals surface area contributed by atoms with E-state index >= 15 is 0 Å². The van der Waals surface area contributed by atoms with Crippen molar-refractivity contribution >= 4 is 54.4 Å². The van der Waals surface area contributed by atoms with E-state index < -0.39 is 0 Å². The van der Waals surface area contributed by atoms with Crippen LogP contribution in [0.25, 0.3) is 122 Å². The highest BCUT2D eigenvalue weighted by Crippen LogP contribution is 2.38. The average molecular weight is 842 g/mol. The first-order valence-corrected chi connectivity index (χ1v) is 22.3. The fraction of sp³-hybridized carbons (Fsp3) is 0. The minimum Gasteiger partial charge on any atom is -0.309 e. The van der Waals surface area contributed by atoms with Crippen LogP contribution in [0.1, 0.15) is 0 Å². The van der Waals surface area contributed by atoms with Crippen molar-refractivity contribution in [3.63, 3.8) is 0 Å². The van der Waals surface area contributed by atoms with Gasteiger partial charge in [-0.2, -0.15) is 0 Å². The third kappa shape index (κ3) is 6.36. The van der Waals surface area contributed by atoms with E-state index in [4.69, 9.17) is 15.0 Å². The molecule has 0 bridgehead atoms. The van der Waals surface area contributed by atoms with Crippen LogP contribution in [0.15, 0.2) is 237 Å². The molecule has 0 aliphatic heterocycles. The van der Waals surface area contributed by atoms with Crippen molar-refractivity contribution < 1.29 is 0 Å². The maximum absolute atomic E-state index is 5.29. The molecule has 0 radical (unpaired) electrons. The Hall–Kier alpha value is -8.93. The fourth-order valence-corrected chi connectivity index (χ4v) is 9.78. The van der Waals surface area contributed by atoms with E-state index in [2.05, 4.69) is 246 Å². The van der Waals surface area contributed by atoms with Crippen molar-refractivity contribution in [3.05, 3.63) is 237 Å². The van der Waals surface area contributed by atoms with Gasteiger partial charge in [-0.1, -0.05) is 170 Å². The van der Waals surface area contributed by atoms with Gasteiger partial charge in [0.1, 0.15) is 0 Å². The second-order valence-corrected chi connectivity index (χ2v) is 16.9. The lowest BCUT2D eigenvalue weighted by molar-refractivity contribution is 1.07. The summed E-state index contributed by atoms with van der Waals surface area (Å²) in [6, 6.07) is 84.1. The molecule has 0 unspecified atom stereocenters. The van der Waals surface area contributed by atoms with Gasteiger partial charge in [-0.3, -0.25) is 0 Å². The van der Waals surface area contributed by atoms with Gasteiger partial charge in [-0.25, -0.2) is 15.0 Å².